The van der Waals surface area contributed by atoms with E-state index in [2.05, 4.69) is 50.0 Å². The van der Waals surface area contributed by atoms with Crippen LogP contribution in [0.25, 0.3) is 10.8 Å². The number of anilines is 1. The zero-order valence-corrected chi connectivity index (χ0v) is 23.8. The monoisotopic (exact) mass is 605 g/mol. The molecule has 0 saturated carbocycles. The van der Waals surface area contributed by atoms with Crippen LogP contribution in [-0.4, -0.2) is 38.9 Å². The molecule has 0 saturated heterocycles. The van der Waals surface area contributed by atoms with Gasteiger partial charge in [-0.2, -0.15) is 5.10 Å². The number of carbonyl (C=O) groups excluding carboxylic acids is 2. The van der Waals surface area contributed by atoms with Crippen molar-refractivity contribution in [3.8, 4) is 23.0 Å². The lowest BCUT2D eigenvalue weighted by Gasteiger charge is -2.15. The van der Waals surface area contributed by atoms with Crippen molar-refractivity contribution in [2.24, 2.45) is 5.10 Å². The Morgan fingerprint density at radius 2 is 1.70 bits per heavy atom. The van der Waals surface area contributed by atoms with Gasteiger partial charge in [-0.25, -0.2) is 5.43 Å². The molecule has 0 aliphatic rings. The van der Waals surface area contributed by atoms with Crippen LogP contribution in [0.3, 0.4) is 0 Å². The van der Waals surface area contributed by atoms with Crippen LogP contribution in [0.4, 0.5) is 5.69 Å². The highest BCUT2D eigenvalue weighted by Gasteiger charge is 2.17. The predicted octanol–water partition coefficient (Wildman–Crippen LogP) is 5.69. The summed E-state index contributed by atoms with van der Waals surface area (Å²) in [5.41, 5.74) is 4.21. The Morgan fingerprint density at radius 3 is 2.48 bits per heavy atom. The molecule has 0 aliphatic carbocycles. The second-order valence-corrected chi connectivity index (χ2v) is 9.26. The number of rotatable bonds is 10. The van der Waals surface area contributed by atoms with Gasteiger partial charge < -0.3 is 24.3 Å². The molecule has 4 aromatic rings. The van der Waals surface area contributed by atoms with Crippen LogP contribution in [-0.2, 0) is 16.2 Å². The first kappa shape index (κ1) is 28.4. The van der Waals surface area contributed by atoms with Gasteiger partial charge in [0.2, 0.25) is 0 Å². The summed E-state index contributed by atoms with van der Waals surface area (Å²) in [7, 11) is 2.96. The van der Waals surface area contributed by atoms with Crippen molar-refractivity contribution >= 4 is 50.4 Å². The quantitative estimate of drug-likeness (QED) is 0.137. The zero-order chi connectivity index (χ0) is 28.5. The zero-order valence-electron chi connectivity index (χ0n) is 22.2. The molecule has 4 rings (SSSR count). The van der Waals surface area contributed by atoms with Crippen molar-refractivity contribution < 1.29 is 28.5 Å². The molecule has 0 radical (unpaired) electrons. The fourth-order valence-electron chi connectivity index (χ4n) is 3.93. The van der Waals surface area contributed by atoms with E-state index in [0.29, 0.717) is 51.9 Å². The molecule has 0 unspecified atom stereocenters. The molecule has 0 heterocycles. The van der Waals surface area contributed by atoms with Crippen molar-refractivity contribution in [1.82, 2.24) is 5.43 Å². The molecule has 9 nitrogen and oxygen atoms in total. The molecule has 4 aromatic carbocycles. The molecule has 0 atom stereocenters. The number of hydrazone groups is 1. The van der Waals surface area contributed by atoms with Crippen LogP contribution in [0.1, 0.15) is 18.1 Å². The van der Waals surface area contributed by atoms with Crippen molar-refractivity contribution in [2.75, 3.05) is 26.1 Å². The van der Waals surface area contributed by atoms with Crippen LogP contribution < -0.4 is 29.7 Å². The number of carbonyl (C=O) groups is 2. The Bertz CT molecular complexity index is 1550. The van der Waals surface area contributed by atoms with E-state index in [1.165, 1.54) is 20.4 Å². The molecule has 0 aromatic heterocycles. The van der Waals surface area contributed by atoms with Gasteiger partial charge in [-0.05, 0) is 69.0 Å². The predicted molar refractivity (Wildman–Crippen MR) is 158 cm³/mol. The summed E-state index contributed by atoms with van der Waals surface area (Å²) in [6.07, 6.45) is 1.40. The van der Waals surface area contributed by atoms with Crippen LogP contribution in [0, 0.1) is 0 Å². The normalized spacial score (nSPS) is 10.8. The highest BCUT2D eigenvalue weighted by Crippen LogP contribution is 2.37. The van der Waals surface area contributed by atoms with E-state index >= 15 is 0 Å². The average molecular weight is 606 g/mol. The van der Waals surface area contributed by atoms with Crippen LogP contribution in [0.15, 0.2) is 82.4 Å². The molecule has 2 amide bonds. The summed E-state index contributed by atoms with van der Waals surface area (Å²) in [4.78, 5) is 24.7. The van der Waals surface area contributed by atoms with E-state index in [1.54, 1.807) is 30.3 Å². The van der Waals surface area contributed by atoms with Gasteiger partial charge in [0.05, 0.1) is 37.2 Å². The molecule has 0 aliphatic heterocycles. The fraction of sp³-hybridized carbons (Fsp3) is 0.167. The van der Waals surface area contributed by atoms with Crippen molar-refractivity contribution in [1.29, 1.82) is 0 Å². The Hall–Kier alpha value is -4.57. The second-order valence-electron chi connectivity index (χ2n) is 8.41. The molecule has 0 bridgehead atoms. The maximum atomic E-state index is 12.4. The Kier molecular flexibility index (Phi) is 9.58. The van der Waals surface area contributed by atoms with E-state index in [-0.39, 0.29) is 0 Å². The largest absolute Gasteiger partial charge is 0.497 e. The number of nitrogens with one attached hydrogen (secondary N) is 2. The summed E-state index contributed by atoms with van der Waals surface area (Å²) < 4.78 is 23.0. The minimum absolute atomic E-state index is 0.316. The van der Waals surface area contributed by atoms with Crippen molar-refractivity contribution in [2.45, 2.75) is 13.5 Å². The number of hydrogen-bond donors (Lipinski definition) is 2. The summed E-state index contributed by atoms with van der Waals surface area (Å²) in [6, 6.07) is 22.5. The van der Waals surface area contributed by atoms with E-state index in [1.807, 2.05) is 31.2 Å². The van der Waals surface area contributed by atoms with Crippen LogP contribution in [0.2, 0.25) is 0 Å². The van der Waals surface area contributed by atoms with E-state index < -0.39 is 11.8 Å². The number of benzene rings is 4. The number of methoxy groups -OCH3 is 2. The molecule has 2 N–H and O–H groups in total. The molecular formula is C30H28BrN3O6. The number of amides is 2. The second kappa shape index (κ2) is 13.5. The molecule has 206 valence electrons. The molecule has 40 heavy (non-hydrogen) atoms. The Labute approximate surface area is 240 Å². The lowest BCUT2D eigenvalue weighted by Crippen LogP contribution is -2.32. The van der Waals surface area contributed by atoms with Crippen molar-refractivity contribution in [3.63, 3.8) is 0 Å². The molecular weight excluding hydrogens is 578 g/mol. The minimum atomic E-state index is -0.951. The number of halogens is 1. The van der Waals surface area contributed by atoms with Crippen LogP contribution >= 0.6 is 15.9 Å². The molecule has 0 fully saturated rings. The lowest BCUT2D eigenvalue weighted by molar-refractivity contribution is -0.136. The smallest absolute Gasteiger partial charge is 0.329 e. The van der Waals surface area contributed by atoms with E-state index in [9.17, 15) is 9.59 Å². The fourth-order valence-corrected chi connectivity index (χ4v) is 4.51. The van der Waals surface area contributed by atoms with Crippen molar-refractivity contribution in [3.05, 3.63) is 88.4 Å². The van der Waals surface area contributed by atoms with Gasteiger partial charge in [-0.15, -0.1) is 0 Å². The van der Waals surface area contributed by atoms with E-state index in [4.69, 9.17) is 18.9 Å². The van der Waals surface area contributed by atoms with Gasteiger partial charge >= 0.3 is 11.8 Å². The third kappa shape index (κ3) is 6.89. The summed E-state index contributed by atoms with van der Waals surface area (Å²) in [5, 5.41) is 8.67. The number of hydrogen-bond acceptors (Lipinski definition) is 7. The third-order valence-electron chi connectivity index (χ3n) is 5.83. The summed E-state index contributed by atoms with van der Waals surface area (Å²) >= 11 is 3.56. The van der Waals surface area contributed by atoms with Gasteiger partial charge in [0, 0.05) is 6.07 Å². The summed E-state index contributed by atoms with van der Waals surface area (Å²) in [5.74, 6) is 0.0896. The van der Waals surface area contributed by atoms with Gasteiger partial charge in [-0.1, -0.05) is 42.5 Å². The first-order chi connectivity index (χ1) is 19.4. The van der Waals surface area contributed by atoms with Gasteiger partial charge in [0.1, 0.15) is 18.1 Å². The topological polar surface area (TPSA) is 107 Å². The number of fused-ring (bicyclic) bond motifs is 1. The number of nitrogens with zero attached hydrogens (tertiary/aromatic N) is 1. The first-order valence-electron chi connectivity index (χ1n) is 12.4. The molecule has 10 heteroatoms. The molecule has 0 spiro atoms. The minimum Gasteiger partial charge on any atom is -0.497 e. The summed E-state index contributed by atoms with van der Waals surface area (Å²) in [6.45, 7) is 2.64. The van der Waals surface area contributed by atoms with E-state index in [0.717, 1.165) is 16.3 Å². The first-order valence-corrected chi connectivity index (χ1v) is 13.1. The SMILES string of the molecule is CCOc1cc(/C=N/NC(=O)C(=O)Nc2ccc(OC)cc2OC)cc(Br)c1OCc1cccc2ccccc12. The maximum Gasteiger partial charge on any atom is 0.329 e. The van der Waals surface area contributed by atoms with Gasteiger partial charge in [0.15, 0.2) is 11.5 Å². The standard InChI is InChI=1S/C30H28BrN3O6/c1-4-39-27-15-19(14-24(31)28(27)40-18-21-10-7-9-20-8-5-6-11-23(20)21)17-32-34-30(36)29(35)33-25-13-12-22(37-2)16-26(25)38-3/h5-17H,4,18H2,1-3H3,(H,33,35)(H,34,36)/b32-17+. The Morgan fingerprint density at radius 1 is 0.900 bits per heavy atom. The van der Waals surface area contributed by atoms with Gasteiger partial charge in [0.25, 0.3) is 0 Å². The van der Waals surface area contributed by atoms with Gasteiger partial charge in [-0.3, -0.25) is 9.59 Å². The number of ether oxygens (including phenoxy) is 4. The van der Waals surface area contributed by atoms with Crippen LogP contribution in [0.5, 0.6) is 23.0 Å². The highest BCUT2D eigenvalue weighted by molar-refractivity contribution is 9.10. The Balaban J connectivity index is 1.43. The maximum absolute atomic E-state index is 12.4. The highest BCUT2D eigenvalue weighted by atomic mass is 79.9. The lowest BCUT2D eigenvalue weighted by atomic mass is 10.1. The average Bonchev–Trinajstić information content (AvgIpc) is 2.97. The third-order valence-corrected chi connectivity index (χ3v) is 6.42.